The Hall–Kier alpha value is -1.70. The van der Waals surface area contributed by atoms with Crippen LogP contribution in [0.4, 0.5) is 5.95 Å². The van der Waals surface area contributed by atoms with Crippen LogP contribution in [0.1, 0.15) is 17.0 Å². The van der Waals surface area contributed by atoms with Gasteiger partial charge in [-0.05, 0) is 37.6 Å². The van der Waals surface area contributed by atoms with Crippen molar-refractivity contribution in [1.29, 1.82) is 0 Å². The maximum Gasteiger partial charge on any atom is 0.241 e. The van der Waals surface area contributed by atoms with E-state index in [9.17, 15) is 8.42 Å². The summed E-state index contributed by atoms with van der Waals surface area (Å²) in [5.74, 6) is 0.540. The molecule has 0 unspecified atom stereocenters. The van der Waals surface area contributed by atoms with Gasteiger partial charge in [0.25, 0.3) is 0 Å². The van der Waals surface area contributed by atoms with Gasteiger partial charge < -0.3 is 4.90 Å². The minimum Gasteiger partial charge on any atom is -0.347 e. The number of benzene rings is 1. The van der Waals surface area contributed by atoms with Crippen LogP contribution in [0.2, 0.25) is 5.02 Å². The van der Waals surface area contributed by atoms with E-state index in [4.69, 9.17) is 11.6 Å². The first-order chi connectivity index (χ1) is 10.7. The Morgan fingerprint density at radius 1 is 1.22 bits per heavy atom. The van der Waals surface area contributed by atoms with Crippen molar-refractivity contribution in [2.75, 3.05) is 19.0 Å². The zero-order valence-electron chi connectivity index (χ0n) is 13.5. The SMILES string of the molecule is Cc1cc(CNS(=O)(=O)c2cccc(Cl)c2C)nc(N(C)C)n1. The molecule has 0 aliphatic heterocycles. The minimum atomic E-state index is -3.67. The summed E-state index contributed by atoms with van der Waals surface area (Å²) in [6, 6.07) is 6.55. The monoisotopic (exact) mass is 354 g/mol. The molecule has 0 bridgehead atoms. The molecule has 0 spiro atoms. The molecule has 0 amide bonds. The van der Waals surface area contributed by atoms with Crippen molar-refractivity contribution in [3.05, 3.63) is 46.2 Å². The Labute approximate surface area is 141 Å². The van der Waals surface area contributed by atoms with Gasteiger partial charge in [0, 0.05) is 24.8 Å². The fourth-order valence-corrected chi connectivity index (χ4v) is 3.53. The third kappa shape index (κ3) is 4.19. The van der Waals surface area contributed by atoms with Crippen LogP contribution >= 0.6 is 11.6 Å². The maximum absolute atomic E-state index is 12.5. The predicted molar refractivity (Wildman–Crippen MR) is 91.3 cm³/mol. The molecule has 0 radical (unpaired) electrons. The average molecular weight is 355 g/mol. The predicted octanol–water partition coefficient (Wildman–Crippen LogP) is 2.29. The number of aryl methyl sites for hydroxylation is 1. The van der Waals surface area contributed by atoms with Crippen molar-refractivity contribution in [1.82, 2.24) is 14.7 Å². The molecule has 1 heterocycles. The Balaban J connectivity index is 2.25. The van der Waals surface area contributed by atoms with E-state index in [-0.39, 0.29) is 11.4 Å². The molecular formula is C15H19ClN4O2S. The summed E-state index contributed by atoms with van der Waals surface area (Å²) in [6.45, 7) is 3.60. The standard InChI is InChI=1S/C15H19ClN4O2S/c1-10-8-12(19-15(18-10)20(3)4)9-17-23(21,22)14-7-5-6-13(16)11(14)2/h5-8,17H,9H2,1-4H3. The lowest BCUT2D eigenvalue weighted by molar-refractivity contribution is 0.579. The van der Waals surface area contributed by atoms with Crippen LogP contribution in [0.5, 0.6) is 0 Å². The van der Waals surface area contributed by atoms with Crippen LogP contribution in [0.15, 0.2) is 29.2 Å². The third-order valence-electron chi connectivity index (χ3n) is 3.25. The van der Waals surface area contributed by atoms with E-state index >= 15 is 0 Å². The molecule has 23 heavy (non-hydrogen) atoms. The normalized spacial score (nSPS) is 11.5. The summed E-state index contributed by atoms with van der Waals surface area (Å²) >= 11 is 6.00. The number of nitrogens with one attached hydrogen (secondary N) is 1. The summed E-state index contributed by atoms with van der Waals surface area (Å²) < 4.78 is 27.5. The van der Waals surface area contributed by atoms with Crippen molar-refractivity contribution in [3.63, 3.8) is 0 Å². The summed E-state index contributed by atoms with van der Waals surface area (Å²) in [5, 5.41) is 0.417. The van der Waals surface area contributed by atoms with E-state index < -0.39 is 10.0 Å². The van der Waals surface area contributed by atoms with Crippen molar-refractivity contribution in [3.8, 4) is 0 Å². The quantitative estimate of drug-likeness (QED) is 0.891. The number of hydrogen-bond donors (Lipinski definition) is 1. The Morgan fingerprint density at radius 3 is 2.57 bits per heavy atom. The molecule has 8 heteroatoms. The van der Waals surface area contributed by atoms with E-state index in [1.807, 2.05) is 21.0 Å². The Bertz CT molecular complexity index is 822. The highest BCUT2D eigenvalue weighted by molar-refractivity contribution is 7.89. The highest BCUT2D eigenvalue weighted by Crippen LogP contribution is 2.22. The molecule has 6 nitrogen and oxygen atoms in total. The van der Waals surface area contributed by atoms with Gasteiger partial charge in [-0.3, -0.25) is 0 Å². The van der Waals surface area contributed by atoms with Gasteiger partial charge in [-0.2, -0.15) is 0 Å². The first-order valence-electron chi connectivity index (χ1n) is 6.97. The van der Waals surface area contributed by atoms with E-state index in [2.05, 4.69) is 14.7 Å². The van der Waals surface area contributed by atoms with Crippen molar-refractivity contribution in [2.24, 2.45) is 0 Å². The molecule has 2 aromatic rings. The highest BCUT2D eigenvalue weighted by Gasteiger charge is 2.18. The van der Waals surface area contributed by atoms with Gasteiger partial charge in [0.05, 0.1) is 17.1 Å². The van der Waals surface area contributed by atoms with E-state index in [0.29, 0.717) is 22.2 Å². The molecule has 124 valence electrons. The molecule has 0 aliphatic rings. The van der Waals surface area contributed by atoms with Crippen LogP contribution < -0.4 is 9.62 Å². The zero-order valence-corrected chi connectivity index (χ0v) is 15.0. The molecule has 0 saturated carbocycles. The molecule has 0 atom stereocenters. The molecule has 0 saturated heterocycles. The van der Waals surface area contributed by atoms with Gasteiger partial charge in [-0.25, -0.2) is 23.1 Å². The molecule has 2 rings (SSSR count). The van der Waals surface area contributed by atoms with Gasteiger partial charge in [0.1, 0.15) is 0 Å². The molecule has 1 aromatic carbocycles. The number of halogens is 1. The van der Waals surface area contributed by atoms with Crippen molar-refractivity contribution < 1.29 is 8.42 Å². The second-order valence-corrected chi connectivity index (χ2v) is 7.53. The van der Waals surface area contributed by atoms with Crippen LogP contribution in [-0.2, 0) is 16.6 Å². The van der Waals surface area contributed by atoms with Gasteiger partial charge in [-0.15, -0.1) is 0 Å². The van der Waals surface area contributed by atoms with Gasteiger partial charge in [0.15, 0.2) is 0 Å². The molecule has 0 aliphatic carbocycles. The van der Waals surface area contributed by atoms with Crippen LogP contribution in [-0.4, -0.2) is 32.5 Å². The lowest BCUT2D eigenvalue weighted by atomic mass is 10.2. The zero-order chi connectivity index (χ0) is 17.2. The second kappa shape index (κ2) is 6.82. The third-order valence-corrected chi connectivity index (χ3v) is 5.20. The number of aromatic nitrogens is 2. The average Bonchev–Trinajstić information content (AvgIpc) is 2.47. The Kier molecular flexibility index (Phi) is 5.23. The van der Waals surface area contributed by atoms with Gasteiger partial charge in [-0.1, -0.05) is 17.7 Å². The summed E-state index contributed by atoms with van der Waals surface area (Å²) in [4.78, 5) is 10.6. The fourth-order valence-electron chi connectivity index (χ4n) is 2.03. The molecule has 1 N–H and O–H groups in total. The Morgan fingerprint density at radius 2 is 1.91 bits per heavy atom. The number of sulfonamides is 1. The fraction of sp³-hybridized carbons (Fsp3) is 0.333. The van der Waals surface area contributed by atoms with E-state index in [1.165, 1.54) is 6.07 Å². The maximum atomic E-state index is 12.5. The van der Waals surface area contributed by atoms with Crippen LogP contribution in [0, 0.1) is 13.8 Å². The number of rotatable bonds is 5. The number of nitrogens with zero attached hydrogens (tertiary/aromatic N) is 3. The largest absolute Gasteiger partial charge is 0.347 e. The first kappa shape index (κ1) is 17.7. The molecular weight excluding hydrogens is 336 g/mol. The van der Waals surface area contributed by atoms with E-state index in [0.717, 1.165) is 5.69 Å². The molecule has 1 aromatic heterocycles. The summed E-state index contributed by atoms with van der Waals surface area (Å²) in [5.41, 5.74) is 1.90. The van der Waals surface area contributed by atoms with Crippen LogP contribution in [0.25, 0.3) is 0 Å². The smallest absolute Gasteiger partial charge is 0.241 e. The second-order valence-electron chi connectivity index (χ2n) is 5.38. The molecule has 0 fully saturated rings. The van der Waals surface area contributed by atoms with Gasteiger partial charge >= 0.3 is 0 Å². The minimum absolute atomic E-state index is 0.0818. The van der Waals surface area contributed by atoms with Crippen LogP contribution in [0.3, 0.4) is 0 Å². The highest BCUT2D eigenvalue weighted by atomic mass is 35.5. The van der Waals surface area contributed by atoms with E-state index in [1.54, 1.807) is 30.0 Å². The van der Waals surface area contributed by atoms with Gasteiger partial charge in [0.2, 0.25) is 16.0 Å². The summed E-state index contributed by atoms with van der Waals surface area (Å²) in [7, 11) is -0.00325. The number of anilines is 1. The van der Waals surface area contributed by atoms with Crippen molar-refractivity contribution >= 4 is 27.6 Å². The lowest BCUT2D eigenvalue weighted by Crippen LogP contribution is -2.25. The topological polar surface area (TPSA) is 75.2 Å². The number of hydrogen-bond acceptors (Lipinski definition) is 5. The first-order valence-corrected chi connectivity index (χ1v) is 8.83. The summed E-state index contributed by atoms with van der Waals surface area (Å²) in [6.07, 6.45) is 0. The lowest BCUT2D eigenvalue weighted by Gasteiger charge is -2.13. The van der Waals surface area contributed by atoms with Crippen molar-refractivity contribution in [2.45, 2.75) is 25.3 Å².